The number of benzene rings is 2. The SMILES string of the molecule is COc1cc(C(=O)NCc2ccccc2NS(C)(=O)=O)ccc1OC(C)C. The molecule has 27 heavy (non-hydrogen) atoms. The van der Waals surface area contributed by atoms with E-state index in [9.17, 15) is 13.2 Å². The van der Waals surface area contributed by atoms with Crippen LogP contribution in [0.1, 0.15) is 29.8 Å². The Morgan fingerprint density at radius 1 is 1.11 bits per heavy atom. The van der Waals surface area contributed by atoms with Gasteiger partial charge in [-0.1, -0.05) is 18.2 Å². The van der Waals surface area contributed by atoms with E-state index in [4.69, 9.17) is 9.47 Å². The number of carbonyl (C=O) groups excluding carboxylic acids is 1. The Balaban J connectivity index is 2.13. The summed E-state index contributed by atoms with van der Waals surface area (Å²) in [5.74, 6) is 0.723. The van der Waals surface area contributed by atoms with E-state index in [1.54, 1.807) is 42.5 Å². The number of hydrogen-bond acceptors (Lipinski definition) is 5. The maximum atomic E-state index is 12.5. The lowest BCUT2D eigenvalue weighted by Gasteiger charge is -2.15. The van der Waals surface area contributed by atoms with Gasteiger partial charge in [0.1, 0.15) is 0 Å². The number of rotatable bonds is 8. The van der Waals surface area contributed by atoms with Gasteiger partial charge in [0.05, 0.1) is 25.2 Å². The van der Waals surface area contributed by atoms with Crippen LogP contribution in [0.2, 0.25) is 0 Å². The van der Waals surface area contributed by atoms with Crippen molar-refractivity contribution >= 4 is 21.6 Å². The molecule has 0 aliphatic carbocycles. The molecule has 2 rings (SSSR count). The number of methoxy groups -OCH3 is 1. The van der Waals surface area contributed by atoms with Crippen LogP contribution in [-0.4, -0.2) is 33.8 Å². The molecule has 0 heterocycles. The molecule has 0 aromatic heterocycles. The Morgan fingerprint density at radius 2 is 1.81 bits per heavy atom. The van der Waals surface area contributed by atoms with Gasteiger partial charge in [0.2, 0.25) is 10.0 Å². The second kappa shape index (κ2) is 8.77. The Morgan fingerprint density at radius 3 is 2.44 bits per heavy atom. The second-order valence-corrected chi connectivity index (χ2v) is 7.99. The van der Waals surface area contributed by atoms with Crippen LogP contribution in [0.25, 0.3) is 0 Å². The summed E-state index contributed by atoms with van der Waals surface area (Å²) in [6, 6.07) is 11.8. The fourth-order valence-corrected chi connectivity index (χ4v) is 3.01. The third-order valence-corrected chi connectivity index (χ3v) is 4.13. The molecule has 2 aromatic rings. The van der Waals surface area contributed by atoms with Crippen LogP contribution >= 0.6 is 0 Å². The Bertz CT molecular complexity index is 910. The highest BCUT2D eigenvalue weighted by atomic mass is 32.2. The van der Waals surface area contributed by atoms with Gasteiger partial charge in [-0.05, 0) is 43.7 Å². The summed E-state index contributed by atoms with van der Waals surface area (Å²) < 4.78 is 36.3. The lowest BCUT2D eigenvalue weighted by Crippen LogP contribution is -2.24. The van der Waals surface area contributed by atoms with Gasteiger partial charge < -0.3 is 14.8 Å². The van der Waals surface area contributed by atoms with Crippen molar-refractivity contribution in [3.05, 3.63) is 53.6 Å². The topological polar surface area (TPSA) is 93.7 Å². The molecule has 8 heteroatoms. The normalized spacial score (nSPS) is 11.1. The predicted octanol–water partition coefficient (Wildman–Crippen LogP) is 2.78. The molecule has 0 saturated carbocycles. The van der Waals surface area contributed by atoms with Crippen molar-refractivity contribution in [1.82, 2.24) is 5.32 Å². The minimum atomic E-state index is -3.41. The zero-order chi connectivity index (χ0) is 20.0. The maximum absolute atomic E-state index is 12.5. The molecule has 0 spiro atoms. The average molecular weight is 392 g/mol. The van der Waals surface area contributed by atoms with Crippen molar-refractivity contribution in [2.45, 2.75) is 26.5 Å². The van der Waals surface area contributed by atoms with Crippen molar-refractivity contribution < 1.29 is 22.7 Å². The van der Waals surface area contributed by atoms with Crippen LogP contribution in [0.5, 0.6) is 11.5 Å². The fourth-order valence-electron chi connectivity index (χ4n) is 2.41. The van der Waals surface area contributed by atoms with E-state index >= 15 is 0 Å². The van der Waals surface area contributed by atoms with Crippen molar-refractivity contribution in [3.8, 4) is 11.5 Å². The minimum Gasteiger partial charge on any atom is -0.493 e. The van der Waals surface area contributed by atoms with Crippen molar-refractivity contribution in [3.63, 3.8) is 0 Å². The van der Waals surface area contributed by atoms with E-state index in [1.807, 2.05) is 13.8 Å². The molecule has 1 amide bonds. The number of amides is 1. The molecule has 0 fully saturated rings. The first-order valence-corrected chi connectivity index (χ1v) is 10.3. The molecule has 0 aliphatic rings. The summed E-state index contributed by atoms with van der Waals surface area (Å²) in [7, 11) is -1.90. The first-order chi connectivity index (χ1) is 12.7. The van der Waals surface area contributed by atoms with E-state index in [0.29, 0.717) is 28.3 Å². The zero-order valence-electron chi connectivity index (χ0n) is 15.8. The zero-order valence-corrected chi connectivity index (χ0v) is 16.6. The molecule has 0 unspecified atom stereocenters. The van der Waals surface area contributed by atoms with Crippen LogP contribution in [0.3, 0.4) is 0 Å². The van der Waals surface area contributed by atoms with Crippen molar-refractivity contribution in [2.24, 2.45) is 0 Å². The number of carbonyl (C=O) groups is 1. The van der Waals surface area contributed by atoms with Crippen LogP contribution in [0, 0.1) is 0 Å². The molecule has 2 aromatic carbocycles. The summed E-state index contributed by atoms with van der Waals surface area (Å²) in [4.78, 5) is 12.5. The smallest absolute Gasteiger partial charge is 0.251 e. The molecule has 146 valence electrons. The molecular weight excluding hydrogens is 368 g/mol. The first-order valence-electron chi connectivity index (χ1n) is 8.38. The van der Waals surface area contributed by atoms with Gasteiger partial charge in [-0.3, -0.25) is 9.52 Å². The Hall–Kier alpha value is -2.74. The van der Waals surface area contributed by atoms with Crippen molar-refractivity contribution in [2.75, 3.05) is 18.1 Å². The predicted molar refractivity (Wildman–Crippen MR) is 105 cm³/mol. The highest BCUT2D eigenvalue weighted by Crippen LogP contribution is 2.29. The quantitative estimate of drug-likeness (QED) is 0.720. The summed E-state index contributed by atoms with van der Waals surface area (Å²) in [6.07, 6.45) is 1.06. The van der Waals surface area contributed by atoms with Gasteiger partial charge in [-0.2, -0.15) is 0 Å². The largest absolute Gasteiger partial charge is 0.493 e. The van der Waals surface area contributed by atoms with Crippen LogP contribution in [0.15, 0.2) is 42.5 Å². The van der Waals surface area contributed by atoms with E-state index < -0.39 is 10.0 Å². The van der Waals surface area contributed by atoms with E-state index in [-0.39, 0.29) is 18.6 Å². The summed E-state index contributed by atoms with van der Waals surface area (Å²) in [5.41, 5.74) is 1.50. The summed E-state index contributed by atoms with van der Waals surface area (Å²) in [5, 5.41) is 2.78. The molecular formula is C19H24N2O5S. The molecule has 2 N–H and O–H groups in total. The second-order valence-electron chi connectivity index (χ2n) is 6.25. The lowest BCUT2D eigenvalue weighted by molar-refractivity contribution is 0.0950. The van der Waals surface area contributed by atoms with Gasteiger partial charge in [0, 0.05) is 12.1 Å². The highest BCUT2D eigenvalue weighted by molar-refractivity contribution is 7.92. The third-order valence-electron chi connectivity index (χ3n) is 3.54. The molecule has 7 nitrogen and oxygen atoms in total. The standard InChI is InChI=1S/C19H24N2O5S/c1-13(2)26-17-10-9-14(11-18(17)25-3)19(22)20-12-15-7-5-6-8-16(15)21-27(4,23)24/h5-11,13,21H,12H2,1-4H3,(H,20,22). The third kappa shape index (κ3) is 6.18. The van der Waals surface area contributed by atoms with Gasteiger partial charge in [0.25, 0.3) is 5.91 Å². The van der Waals surface area contributed by atoms with Crippen LogP contribution in [0.4, 0.5) is 5.69 Å². The molecule has 0 bridgehead atoms. The lowest BCUT2D eigenvalue weighted by atomic mass is 10.1. The number of ether oxygens (including phenoxy) is 2. The number of sulfonamides is 1. The van der Waals surface area contributed by atoms with E-state index in [2.05, 4.69) is 10.0 Å². The van der Waals surface area contributed by atoms with E-state index in [0.717, 1.165) is 6.26 Å². The van der Waals surface area contributed by atoms with Gasteiger partial charge in [-0.15, -0.1) is 0 Å². The molecule has 0 saturated heterocycles. The van der Waals surface area contributed by atoms with Crippen LogP contribution < -0.4 is 19.5 Å². The van der Waals surface area contributed by atoms with E-state index in [1.165, 1.54) is 7.11 Å². The number of anilines is 1. The highest BCUT2D eigenvalue weighted by Gasteiger charge is 2.13. The number of hydrogen-bond donors (Lipinski definition) is 2. The first kappa shape index (κ1) is 20.6. The number of nitrogens with one attached hydrogen (secondary N) is 2. The summed E-state index contributed by atoms with van der Waals surface area (Å²) >= 11 is 0. The van der Waals surface area contributed by atoms with Gasteiger partial charge >= 0.3 is 0 Å². The molecule has 0 atom stereocenters. The van der Waals surface area contributed by atoms with Crippen molar-refractivity contribution in [1.29, 1.82) is 0 Å². The van der Waals surface area contributed by atoms with Crippen LogP contribution in [-0.2, 0) is 16.6 Å². The molecule has 0 aliphatic heterocycles. The minimum absolute atomic E-state index is 0.0163. The Labute approximate surface area is 159 Å². The summed E-state index contributed by atoms with van der Waals surface area (Å²) in [6.45, 7) is 3.98. The fraction of sp³-hybridized carbons (Fsp3) is 0.316. The van der Waals surface area contributed by atoms with Gasteiger partial charge in [-0.25, -0.2) is 8.42 Å². The average Bonchev–Trinajstić information content (AvgIpc) is 2.59. The van der Waals surface area contributed by atoms with Gasteiger partial charge in [0.15, 0.2) is 11.5 Å². The molecule has 0 radical (unpaired) electrons. The monoisotopic (exact) mass is 392 g/mol. The Kier molecular flexibility index (Phi) is 6.68. The maximum Gasteiger partial charge on any atom is 0.251 e. The number of para-hydroxylation sites is 1.